The third-order valence-electron chi connectivity index (χ3n) is 3.89. The Morgan fingerprint density at radius 2 is 1.88 bits per heavy atom. The van der Waals surface area contributed by atoms with Crippen LogP contribution in [0.25, 0.3) is 0 Å². The van der Waals surface area contributed by atoms with E-state index in [0.29, 0.717) is 12.5 Å². The number of carbonyl (C=O) groups excluding carboxylic acids is 1. The standard InChI is InChI=1S/C19H33N5O2/c1-20-19(22-12-14-24(2)13-7-15-26-3)23-16-18(25)21-11-10-17-8-5-4-6-9-17/h4-6,8-9H,7,10-16H2,1-3H3,(H,21,25)(H2,20,22,23). The predicted molar refractivity (Wildman–Crippen MR) is 107 cm³/mol. The van der Waals surface area contributed by atoms with Crippen LogP contribution in [-0.4, -0.2) is 77.3 Å². The number of hydrogen-bond acceptors (Lipinski definition) is 4. The fraction of sp³-hybridized carbons (Fsp3) is 0.579. The molecule has 0 radical (unpaired) electrons. The molecule has 0 bridgehead atoms. The van der Waals surface area contributed by atoms with Crippen molar-refractivity contribution in [2.45, 2.75) is 12.8 Å². The van der Waals surface area contributed by atoms with Gasteiger partial charge in [-0.2, -0.15) is 0 Å². The number of likely N-dealkylation sites (N-methyl/N-ethyl adjacent to an activating group) is 1. The Hall–Kier alpha value is -2.12. The van der Waals surface area contributed by atoms with Gasteiger partial charge in [0.15, 0.2) is 5.96 Å². The van der Waals surface area contributed by atoms with E-state index in [2.05, 4.69) is 45.0 Å². The van der Waals surface area contributed by atoms with Crippen molar-refractivity contribution >= 4 is 11.9 Å². The lowest BCUT2D eigenvalue weighted by atomic mass is 10.1. The lowest BCUT2D eigenvalue weighted by Gasteiger charge is -2.18. The maximum absolute atomic E-state index is 11.9. The summed E-state index contributed by atoms with van der Waals surface area (Å²) in [6.45, 7) is 4.26. The number of hydrogen-bond donors (Lipinski definition) is 3. The summed E-state index contributed by atoms with van der Waals surface area (Å²) >= 11 is 0. The minimum Gasteiger partial charge on any atom is -0.385 e. The summed E-state index contributed by atoms with van der Waals surface area (Å²) in [7, 11) is 5.49. The average molecular weight is 364 g/mol. The van der Waals surface area contributed by atoms with Crippen LogP contribution in [0, 0.1) is 0 Å². The van der Waals surface area contributed by atoms with Crippen molar-refractivity contribution in [3.63, 3.8) is 0 Å². The molecule has 0 heterocycles. The first-order chi connectivity index (χ1) is 12.7. The van der Waals surface area contributed by atoms with E-state index in [4.69, 9.17) is 4.74 Å². The number of nitrogens with zero attached hydrogens (tertiary/aromatic N) is 2. The Labute approximate surface area is 157 Å². The SMILES string of the molecule is CN=C(NCCN(C)CCCOC)NCC(=O)NCCc1ccccc1. The van der Waals surface area contributed by atoms with Gasteiger partial charge in [0.2, 0.25) is 5.91 Å². The Morgan fingerprint density at radius 1 is 1.12 bits per heavy atom. The molecule has 0 fully saturated rings. The highest BCUT2D eigenvalue weighted by molar-refractivity contribution is 5.86. The van der Waals surface area contributed by atoms with Crippen molar-refractivity contribution in [3.8, 4) is 0 Å². The second-order valence-corrected chi connectivity index (χ2v) is 6.09. The zero-order valence-corrected chi connectivity index (χ0v) is 16.3. The van der Waals surface area contributed by atoms with E-state index in [-0.39, 0.29) is 12.5 Å². The quantitative estimate of drug-likeness (QED) is 0.286. The smallest absolute Gasteiger partial charge is 0.239 e. The average Bonchev–Trinajstić information content (AvgIpc) is 2.65. The predicted octanol–water partition coefficient (Wildman–Crippen LogP) is 0.479. The molecule has 0 aliphatic carbocycles. The van der Waals surface area contributed by atoms with Gasteiger partial charge in [0, 0.05) is 46.9 Å². The van der Waals surface area contributed by atoms with Crippen molar-refractivity contribution in [1.82, 2.24) is 20.9 Å². The van der Waals surface area contributed by atoms with Crippen LogP contribution in [0.3, 0.4) is 0 Å². The van der Waals surface area contributed by atoms with E-state index in [1.807, 2.05) is 18.2 Å². The van der Waals surface area contributed by atoms with Crippen LogP contribution in [0.4, 0.5) is 0 Å². The number of aliphatic imine (C=N–C) groups is 1. The Kier molecular flexibility index (Phi) is 11.9. The zero-order valence-electron chi connectivity index (χ0n) is 16.3. The molecule has 0 saturated carbocycles. The van der Waals surface area contributed by atoms with Crippen LogP contribution in [0.5, 0.6) is 0 Å². The summed E-state index contributed by atoms with van der Waals surface area (Å²) in [6, 6.07) is 10.1. The molecule has 146 valence electrons. The third kappa shape index (κ3) is 10.7. The lowest BCUT2D eigenvalue weighted by Crippen LogP contribution is -2.45. The second-order valence-electron chi connectivity index (χ2n) is 6.09. The number of carbonyl (C=O) groups is 1. The summed E-state index contributed by atoms with van der Waals surface area (Å²) in [5.74, 6) is 0.592. The van der Waals surface area contributed by atoms with Crippen molar-refractivity contribution in [2.24, 2.45) is 4.99 Å². The molecule has 0 aromatic heterocycles. The normalized spacial score (nSPS) is 11.5. The minimum absolute atomic E-state index is 0.0411. The number of benzene rings is 1. The molecular formula is C19H33N5O2. The van der Waals surface area contributed by atoms with Crippen LogP contribution in [-0.2, 0) is 16.0 Å². The first-order valence-electron chi connectivity index (χ1n) is 9.08. The molecule has 26 heavy (non-hydrogen) atoms. The number of ether oxygens (including phenoxy) is 1. The second kappa shape index (κ2) is 14.1. The number of nitrogens with one attached hydrogen (secondary N) is 3. The fourth-order valence-electron chi connectivity index (χ4n) is 2.39. The monoisotopic (exact) mass is 363 g/mol. The molecule has 1 amide bonds. The zero-order chi connectivity index (χ0) is 19.0. The molecule has 7 nitrogen and oxygen atoms in total. The minimum atomic E-state index is -0.0411. The van der Waals surface area contributed by atoms with Gasteiger partial charge in [-0.1, -0.05) is 30.3 Å². The van der Waals surface area contributed by atoms with Gasteiger partial charge in [0.05, 0.1) is 6.54 Å². The van der Waals surface area contributed by atoms with Gasteiger partial charge < -0.3 is 25.6 Å². The molecule has 7 heteroatoms. The number of guanidine groups is 1. The first kappa shape index (κ1) is 21.9. The van der Waals surface area contributed by atoms with Gasteiger partial charge >= 0.3 is 0 Å². The van der Waals surface area contributed by atoms with E-state index < -0.39 is 0 Å². The van der Waals surface area contributed by atoms with Gasteiger partial charge in [-0.25, -0.2) is 0 Å². The molecule has 1 aromatic rings. The Balaban J connectivity index is 2.12. The maximum Gasteiger partial charge on any atom is 0.239 e. The lowest BCUT2D eigenvalue weighted by molar-refractivity contribution is -0.119. The Bertz CT molecular complexity index is 522. The topological polar surface area (TPSA) is 78.0 Å². The largest absolute Gasteiger partial charge is 0.385 e. The van der Waals surface area contributed by atoms with Gasteiger partial charge in [-0.15, -0.1) is 0 Å². The molecule has 0 unspecified atom stereocenters. The fourth-order valence-corrected chi connectivity index (χ4v) is 2.39. The number of methoxy groups -OCH3 is 1. The van der Waals surface area contributed by atoms with E-state index >= 15 is 0 Å². The third-order valence-corrected chi connectivity index (χ3v) is 3.89. The van der Waals surface area contributed by atoms with Crippen LogP contribution in [0.2, 0.25) is 0 Å². The Morgan fingerprint density at radius 3 is 2.58 bits per heavy atom. The van der Waals surface area contributed by atoms with Gasteiger partial charge in [-0.05, 0) is 25.5 Å². The van der Waals surface area contributed by atoms with Crippen LogP contribution in [0.1, 0.15) is 12.0 Å². The maximum atomic E-state index is 11.9. The van der Waals surface area contributed by atoms with Crippen molar-refractivity contribution < 1.29 is 9.53 Å². The van der Waals surface area contributed by atoms with Crippen LogP contribution < -0.4 is 16.0 Å². The van der Waals surface area contributed by atoms with Gasteiger partial charge in [0.1, 0.15) is 0 Å². The van der Waals surface area contributed by atoms with E-state index in [9.17, 15) is 4.79 Å². The molecule has 3 N–H and O–H groups in total. The molecule has 0 aliphatic rings. The molecule has 0 spiro atoms. The van der Waals surface area contributed by atoms with E-state index in [1.54, 1.807) is 14.2 Å². The van der Waals surface area contributed by atoms with Crippen LogP contribution in [0.15, 0.2) is 35.3 Å². The summed E-state index contributed by atoms with van der Waals surface area (Å²) in [5.41, 5.74) is 1.22. The van der Waals surface area contributed by atoms with Gasteiger partial charge in [0.25, 0.3) is 0 Å². The number of amides is 1. The summed E-state index contributed by atoms with van der Waals surface area (Å²) in [4.78, 5) is 18.3. The van der Waals surface area contributed by atoms with Crippen molar-refractivity contribution in [3.05, 3.63) is 35.9 Å². The highest BCUT2D eigenvalue weighted by Gasteiger charge is 2.04. The summed E-state index contributed by atoms with van der Waals surface area (Å²) in [5, 5.41) is 9.16. The highest BCUT2D eigenvalue weighted by Crippen LogP contribution is 1.97. The van der Waals surface area contributed by atoms with Crippen molar-refractivity contribution in [1.29, 1.82) is 0 Å². The van der Waals surface area contributed by atoms with Crippen molar-refractivity contribution in [2.75, 3.05) is 60.5 Å². The molecular weight excluding hydrogens is 330 g/mol. The molecule has 1 rings (SSSR count). The van der Waals surface area contributed by atoms with E-state index in [1.165, 1.54) is 5.56 Å². The first-order valence-corrected chi connectivity index (χ1v) is 9.08. The highest BCUT2D eigenvalue weighted by atomic mass is 16.5. The van der Waals surface area contributed by atoms with Crippen LogP contribution >= 0.6 is 0 Å². The molecule has 0 saturated heterocycles. The van der Waals surface area contributed by atoms with E-state index in [0.717, 1.165) is 39.1 Å². The summed E-state index contributed by atoms with van der Waals surface area (Å²) < 4.78 is 5.05. The molecule has 0 aliphatic heterocycles. The molecule has 1 aromatic carbocycles. The molecule has 0 atom stereocenters. The summed E-state index contributed by atoms with van der Waals surface area (Å²) in [6.07, 6.45) is 1.85. The number of rotatable bonds is 12. The van der Waals surface area contributed by atoms with Gasteiger partial charge in [-0.3, -0.25) is 9.79 Å².